The van der Waals surface area contributed by atoms with Gasteiger partial charge in [-0.2, -0.15) is 10.2 Å². The highest BCUT2D eigenvalue weighted by molar-refractivity contribution is 5.93. The lowest BCUT2D eigenvalue weighted by Crippen LogP contribution is -2.38. The molecule has 3 aromatic rings. The minimum atomic E-state index is -0.0140. The van der Waals surface area contributed by atoms with Gasteiger partial charge in [-0.05, 0) is 24.5 Å². The van der Waals surface area contributed by atoms with Crippen LogP contribution < -0.4 is 0 Å². The lowest BCUT2D eigenvalue weighted by molar-refractivity contribution is 0.0711. The number of hydrogen-bond acceptors (Lipinski definition) is 4. The molecule has 3 heterocycles. The molecular weight excluding hydrogens is 314 g/mol. The second kappa shape index (κ2) is 6.84. The van der Waals surface area contributed by atoms with Crippen LogP contribution >= 0.6 is 0 Å². The van der Waals surface area contributed by atoms with E-state index in [0.717, 1.165) is 24.2 Å². The molecule has 6 nitrogen and oxygen atoms in total. The highest BCUT2D eigenvalue weighted by Gasteiger charge is 2.30. The molecule has 4 rings (SSSR count). The molecule has 1 aliphatic rings. The van der Waals surface area contributed by atoms with Crippen molar-refractivity contribution >= 4 is 5.91 Å². The molecule has 6 heteroatoms. The number of nitrogens with one attached hydrogen (secondary N) is 1. The molecule has 0 radical (unpaired) electrons. The number of imidazole rings is 1. The van der Waals surface area contributed by atoms with Gasteiger partial charge >= 0.3 is 0 Å². The molecule has 1 aliphatic heterocycles. The van der Waals surface area contributed by atoms with Gasteiger partial charge in [0.25, 0.3) is 5.91 Å². The number of carbonyl (C=O) groups is 1. The van der Waals surface area contributed by atoms with Crippen molar-refractivity contribution < 1.29 is 4.79 Å². The average molecular weight is 333 g/mol. The summed E-state index contributed by atoms with van der Waals surface area (Å²) >= 11 is 0. The summed E-state index contributed by atoms with van der Waals surface area (Å²) in [4.78, 5) is 22.3. The van der Waals surface area contributed by atoms with Gasteiger partial charge in [0.05, 0.1) is 42.2 Å². The summed E-state index contributed by atoms with van der Waals surface area (Å²) in [6.07, 6.45) is 6.72. The Morgan fingerprint density at radius 3 is 2.88 bits per heavy atom. The zero-order valence-electron chi connectivity index (χ0n) is 13.8. The number of aromatic nitrogens is 4. The van der Waals surface area contributed by atoms with Gasteiger partial charge in [0.15, 0.2) is 0 Å². The molecule has 25 heavy (non-hydrogen) atoms. The van der Waals surface area contributed by atoms with Crippen molar-refractivity contribution in [3.05, 3.63) is 77.6 Å². The highest BCUT2D eigenvalue weighted by atomic mass is 16.2. The van der Waals surface area contributed by atoms with Crippen molar-refractivity contribution in [1.82, 2.24) is 25.1 Å². The Kier molecular flexibility index (Phi) is 4.24. The van der Waals surface area contributed by atoms with Gasteiger partial charge in [-0.15, -0.1) is 0 Å². The van der Waals surface area contributed by atoms with Gasteiger partial charge in [-0.1, -0.05) is 30.3 Å². The van der Waals surface area contributed by atoms with Gasteiger partial charge in [0.1, 0.15) is 0 Å². The predicted molar refractivity (Wildman–Crippen MR) is 92.9 cm³/mol. The number of nitrogens with zero attached hydrogens (tertiary/aromatic N) is 4. The largest absolute Gasteiger partial charge is 0.347 e. The molecule has 1 N–H and O–H groups in total. The van der Waals surface area contributed by atoms with Crippen molar-refractivity contribution in [2.75, 3.05) is 6.54 Å². The van der Waals surface area contributed by atoms with Crippen LogP contribution in [-0.4, -0.2) is 37.5 Å². The summed E-state index contributed by atoms with van der Waals surface area (Å²) in [5.41, 5.74) is 3.99. The van der Waals surface area contributed by atoms with Crippen LogP contribution in [0.5, 0.6) is 0 Å². The molecule has 126 valence electrons. The fourth-order valence-electron chi connectivity index (χ4n) is 3.39. The van der Waals surface area contributed by atoms with Gasteiger partial charge < -0.3 is 9.88 Å². The smallest absolute Gasteiger partial charge is 0.255 e. The van der Waals surface area contributed by atoms with Crippen LogP contribution in [0, 0.1) is 0 Å². The first-order valence-corrected chi connectivity index (χ1v) is 8.43. The molecule has 0 saturated carbocycles. The maximum atomic E-state index is 12.8. The molecule has 0 bridgehead atoms. The first-order chi connectivity index (χ1) is 12.3. The molecule has 0 saturated heterocycles. The van der Waals surface area contributed by atoms with E-state index in [1.807, 2.05) is 11.0 Å². The van der Waals surface area contributed by atoms with E-state index in [-0.39, 0.29) is 11.8 Å². The average Bonchev–Trinajstić information content (AvgIpc) is 3.16. The fourth-order valence-corrected chi connectivity index (χ4v) is 3.39. The maximum Gasteiger partial charge on any atom is 0.255 e. The van der Waals surface area contributed by atoms with E-state index in [2.05, 4.69) is 44.4 Å². The van der Waals surface area contributed by atoms with E-state index >= 15 is 0 Å². The van der Waals surface area contributed by atoms with Crippen LogP contribution in [0.4, 0.5) is 0 Å². The van der Waals surface area contributed by atoms with Crippen molar-refractivity contribution in [2.45, 2.75) is 25.3 Å². The van der Waals surface area contributed by atoms with E-state index in [9.17, 15) is 4.79 Å². The topological polar surface area (TPSA) is 74.8 Å². The third kappa shape index (κ3) is 3.28. The highest BCUT2D eigenvalue weighted by Crippen LogP contribution is 2.30. The van der Waals surface area contributed by atoms with E-state index in [1.54, 1.807) is 18.6 Å². The summed E-state index contributed by atoms with van der Waals surface area (Å²) in [7, 11) is 0. The summed E-state index contributed by atoms with van der Waals surface area (Å²) in [6, 6.07) is 12.1. The molecule has 1 atom stereocenters. The molecule has 0 aliphatic carbocycles. The molecule has 1 aromatic carbocycles. The summed E-state index contributed by atoms with van der Waals surface area (Å²) in [5.74, 6) is 0.216. The van der Waals surface area contributed by atoms with Crippen molar-refractivity contribution in [2.24, 2.45) is 0 Å². The second-order valence-electron chi connectivity index (χ2n) is 6.30. The van der Waals surface area contributed by atoms with E-state index < -0.39 is 0 Å². The molecule has 2 aromatic heterocycles. The zero-order chi connectivity index (χ0) is 17.1. The number of rotatable bonds is 4. The standard InChI is InChI=1S/C19H19N5O/c25-19(15-8-9-22-23-10-15)24-11-16(18-17(12-24)20-13-21-18)7-6-14-4-2-1-3-5-14/h1-5,8-10,13,16H,6-7,11-12H2,(H,20,21). The SMILES string of the molecule is O=C(c1ccnnc1)N1Cc2[nH]cnc2C(CCc2ccccc2)C1. The third-order valence-corrected chi connectivity index (χ3v) is 4.67. The molecule has 0 spiro atoms. The van der Waals surface area contributed by atoms with Crippen LogP contribution in [-0.2, 0) is 13.0 Å². The number of carbonyl (C=O) groups excluding carboxylic acids is 1. The third-order valence-electron chi connectivity index (χ3n) is 4.67. The monoisotopic (exact) mass is 333 g/mol. The number of amides is 1. The predicted octanol–water partition coefficient (Wildman–Crippen LogP) is 2.57. The van der Waals surface area contributed by atoms with Crippen LogP contribution in [0.25, 0.3) is 0 Å². The Morgan fingerprint density at radius 1 is 1.20 bits per heavy atom. The lowest BCUT2D eigenvalue weighted by atomic mass is 9.91. The van der Waals surface area contributed by atoms with E-state index in [1.165, 1.54) is 11.8 Å². The second-order valence-corrected chi connectivity index (χ2v) is 6.30. The lowest BCUT2D eigenvalue weighted by Gasteiger charge is -2.32. The van der Waals surface area contributed by atoms with Crippen molar-refractivity contribution in [1.29, 1.82) is 0 Å². The van der Waals surface area contributed by atoms with Crippen LogP contribution in [0.1, 0.15) is 39.6 Å². The maximum absolute atomic E-state index is 12.8. The Labute approximate surface area is 145 Å². The number of aromatic amines is 1. The first-order valence-electron chi connectivity index (χ1n) is 8.43. The quantitative estimate of drug-likeness (QED) is 0.796. The van der Waals surface area contributed by atoms with Gasteiger partial charge in [0, 0.05) is 12.5 Å². The Balaban J connectivity index is 1.52. The zero-order valence-corrected chi connectivity index (χ0v) is 13.8. The molecule has 1 amide bonds. The van der Waals surface area contributed by atoms with Gasteiger partial charge in [-0.25, -0.2) is 4.98 Å². The normalized spacial score (nSPS) is 16.5. The van der Waals surface area contributed by atoms with Gasteiger partial charge in [0.2, 0.25) is 0 Å². The molecule has 1 unspecified atom stereocenters. The Hall–Kier alpha value is -3.02. The minimum Gasteiger partial charge on any atom is -0.347 e. The molecular formula is C19H19N5O. The van der Waals surface area contributed by atoms with E-state index in [4.69, 9.17) is 0 Å². The Bertz CT molecular complexity index is 847. The summed E-state index contributed by atoms with van der Waals surface area (Å²) < 4.78 is 0. The number of benzene rings is 1. The minimum absolute atomic E-state index is 0.0140. The number of fused-ring (bicyclic) bond motifs is 1. The van der Waals surface area contributed by atoms with Crippen molar-refractivity contribution in [3.8, 4) is 0 Å². The Morgan fingerprint density at radius 2 is 2.08 bits per heavy atom. The first kappa shape index (κ1) is 15.5. The van der Waals surface area contributed by atoms with Gasteiger partial charge in [-0.3, -0.25) is 4.79 Å². The fraction of sp³-hybridized carbons (Fsp3) is 0.263. The number of hydrogen-bond donors (Lipinski definition) is 1. The molecule has 0 fully saturated rings. The van der Waals surface area contributed by atoms with Crippen molar-refractivity contribution in [3.63, 3.8) is 0 Å². The van der Waals surface area contributed by atoms with Crippen LogP contribution in [0.3, 0.4) is 0 Å². The van der Waals surface area contributed by atoms with E-state index in [0.29, 0.717) is 18.7 Å². The van der Waals surface area contributed by atoms with Crippen LogP contribution in [0.2, 0.25) is 0 Å². The number of aryl methyl sites for hydroxylation is 1. The summed E-state index contributed by atoms with van der Waals surface area (Å²) in [5, 5.41) is 7.55. The number of H-pyrrole nitrogens is 1. The summed E-state index contributed by atoms with van der Waals surface area (Å²) in [6.45, 7) is 1.23. The van der Waals surface area contributed by atoms with Crippen LogP contribution in [0.15, 0.2) is 55.1 Å².